The molecule has 1 unspecified atom stereocenters. The lowest BCUT2D eigenvalue weighted by Gasteiger charge is -2.38. The van der Waals surface area contributed by atoms with Crippen molar-refractivity contribution in [2.75, 3.05) is 5.73 Å². The smallest absolute Gasteiger partial charge is 0.241 e. The Balaban J connectivity index is 2.35. The normalized spacial score (nSPS) is 22.2. The fraction of sp³-hybridized carbons (Fsp3) is 0.625. The van der Waals surface area contributed by atoms with Crippen molar-refractivity contribution in [1.29, 1.82) is 0 Å². The predicted molar refractivity (Wildman–Crippen MR) is 86.7 cm³/mol. The molecule has 4 nitrogen and oxygen atoms in total. The maximum absolute atomic E-state index is 12.8. The van der Waals surface area contributed by atoms with Crippen LogP contribution in [0.2, 0.25) is 0 Å². The van der Waals surface area contributed by atoms with E-state index in [9.17, 15) is 8.42 Å². The third-order valence-electron chi connectivity index (χ3n) is 4.56. The van der Waals surface area contributed by atoms with Gasteiger partial charge in [-0.05, 0) is 55.4 Å². The van der Waals surface area contributed by atoms with E-state index in [1.807, 2.05) is 0 Å². The first-order chi connectivity index (χ1) is 9.63. The van der Waals surface area contributed by atoms with Gasteiger partial charge >= 0.3 is 0 Å². The Labute approximate surface area is 128 Å². The summed E-state index contributed by atoms with van der Waals surface area (Å²) in [6.45, 7) is 7.87. The predicted octanol–water partition coefficient (Wildman–Crippen LogP) is 3.13. The van der Waals surface area contributed by atoms with Crippen molar-refractivity contribution in [2.24, 2.45) is 5.41 Å². The van der Waals surface area contributed by atoms with Crippen LogP contribution < -0.4 is 10.5 Å². The van der Waals surface area contributed by atoms with Gasteiger partial charge in [0.05, 0.1) is 4.90 Å². The molecule has 0 heterocycles. The molecule has 21 heavy (non-hydrogen) atoms. The molecular weight excluding hydrogens is 284 g/mol. The molecule has 1 fully saturated rings. The van der Waals surface area contributed by atoms with Crippen LogP contribution in [-0.2, 0) is 10.0 Å². The Morgan fingerprint density at radius 2 is 1.76 bits per heavy atom. The number of nitrogen functional groups attached to an aromatic ring is 1. The van der Waals surface area contributed by atoms with E-state index < -0.39 is 10.0 Å². The van der Waals surface area contributed by atoms with Gasteiger partial charge in [0.15, 0.2) is 0 Å². The molecule has 0 aliphatic heterocycles. The SMILES string of the molecule is Cc1cc(N)cc(C)c1S(=O)(=O)NC1CCCCC1(C)C. The molecule has 2 rings (SSSR count). The van der Waals surface area contributed by atoms with E-state index in [4.69, 9.17) is 5.73 Å². The van der Waals surface area contributed by atoms with Crippen molar-refractivity contribution >= 4 is 15.7 Å². The van der Waals surface area contributed by atoms with Crippen molar-refractivity contribution < 1.29 is 8.42 Å². The Morgan fingerprint density at radius 3 is 2.29 bits per heavy atom. The van der Waals surface area contributed by atoms with E-state index in [0.29, 0.717) is 21.7 Å². The molecule has 1 saturated carbocycles. The van der Waals surface area contributed by atoms with Gasteiger partial charge < -0.3 is 5.73 Å². The van der Waals surface area contributed by atoms with Gasteiger partial charge in [-0.15, -0.1) is 0 Å². The maximum atomic E-state index is 12.8. The molecule has 5 heteroatoms. The summed E-state index contributed by atoms with van der Waals surface area (Å²) in [7, 11) is -3.51. The van der Waals surface area contributed by atoms with Crippen LogP contribution in [0.25, 0.3) is 0 Å². The van der Waals surface area contributed by atoms with Gasteiger partial charge in [0.25, 0.3) is 0 Å². The second-order valence-corrected chi connectivity index (χ2v) is 8.54. The van der Waals surface area contributed by atoms with Crippen LogP contribution >= 0.6 is 0 Å². The molecule has 1 aromatic rings. The van der Waals surface area contributed by atoms with Gasteiger partial charge in [-0.25, -0.2) is 13.1 Å². The number of hydrogen-bond donors (Lipinski definition) is 2. The number of hydrogen-bond acceptors (Lipinski definition) is 3. The highest BCUT2D eigenvalue weighted by Gasteiger charge is 2.35. The quantitative estimate of drug-likeness (QED) is 0.842. The zero-order valence-corrected chi connectivity index (χ0v) is 14.2. The average Bonchev–Trinajstić information content (AvgIpc) is 2.29. The summed E-state index contributed by atoms with van der Waals surface area (Å²) in [4.78, 5) is 0.373. The van der Waals surface area contributed by atoms with Crippen LogP contribution in [-0.4, -0.2) is 14.5 Å². The lowest BCUT2D eigenvalue weighted by molar-refractivity contribution is 0.188. The lowest BCUT2D eigenvalue weighted by Crippen LogP contribution is -2.46. The van der Waals surface area contributed by atoms with Crippen molar-refractivity contribution in [3.05, 3.63) is 23.3 Å². The van der Waals surface area contributed by atoms with Crippen LogP contribution in [0.1, 0.15) is 50.7 Å². The van der Waals surface area contributed by atoms with Crippen LogP contribution in [0.4, 0.5) is 5.69 Å². The largest absolute Gasteiger partial charge is 0.399 e. The van der Waals surface area contributed by atoms with Crippen molar-refractivity contribution in [3.63, 3.8) is 0 Å². The highest BCUT2D eigenvalue weighted by Crippen LogP contribution is 2.36. The maximum Gasteiger partial charge on any atom is 0.241 e. The van der Waals surface area contributed by atoms with Gasteiger partial charge in [0.2, 0.25) is 10.0 Å². The van der Waals surface area contributed by atoms with Crippen LogP contribution in [0.5, 0.6) is 0 Å². The first kappa shape index (κ1) is 16.3. The molecular formula is C16H26N2O2S. The number of sulfonamides is 1. The van der Waals surface area contributed by atoms with Gasteiger partial charge in [-0.3, -0.25) is 0 Å². The second kappa shape index (κ2) is 5.61. The molecule has 1 atom stereocenters. The molecule has 0 radical (unpaired) electrons. The Kier molecular flexibility index (Phi) is 4.36. The minimum absolute atomic E-state index is 0.000930. The van der Waals surface area contributed by atoms with E-state index in [0.717, 1.165) is 19.3 Å². The topological polar surface area (TPSA) is 72.2 Å². The van der Waals surface area contributed by atoms with Crippen LogP contribution in [0.15, 0.2) is 17.0 Å². The number of aryl methyl sites for hydroxylation is 2. The summed E-state index contributed by atoms with van der Waals surface area (Å²) >= 11 is 0. The molecule has 1 aliphatic carbocycles. The highest BCUT2D eigenvalue weighted by molar-refractivity contribution is 7.89. The highest BCUT2D eigenvalue weighted by atomic mass is 32.2. The van der Waals surface area contributed by atoms with Gasteiger partial charge in [-0.1, -0.05) is 26.7 Å². The van der Waals surface area contributed by atoms with Gasteiger partial charge in [0.1, 0.15) is 0 Å². The van der Waals surface area contributed by atoms with Gasteiger partial charge in [0, 0.05) is 11.7 Å². The first-order valence-electron chi connectivity index (χ1n) is 7.52. The van der Waals surface area contributed by atoms with Crippen molar-refractivity contribution in [3.8, 4) is 0 Å². The summed E-state index contributed by atoms with van der Waals surface area (Å²) in [5.74, 6) is 0. The van der Waals surface area contributed by atoms with E-state index >= 15 is 0 Å². The minimum Gasteiger partial charge on any atom is -0.399 e. The van der Waals surface area contributed by atoms with Gasteiger partial charge in [-0.2, -0.15) is 0 Å². The average molecular weight is 310 g/mol. The standard InChI is InChI=1S/C16H26N2O2S/c1-11-9-13(17)10-12(2)15(11)21(19,20)18-14-7-5-6-8-16(14,3)4/h9-10,14,18H,5-8,17H2,1-4H3. The number of benzene rings is 1. The first-order valence-corrected chi connectivity index (χ1v) is 9.01. The third-order valence-corrected chi connectivity index (χ3v) is 6.33. The summed E-state index contributed by atoms with van der Waals surface area (Å²) in [6.07, 6.45) is 4.21. The van der Waals surface area contributed by atoms with E-state index in [1.165, 1.54) is 6.42 Å². The summed E-state index contributed by atoms with van der Waals surface area (Å²) < 4.78 is 28.5. The lowest BCUT2D eigenvalue weighted by atomic mass is 9.74. The van der Waals surface area contributed by atoms with Crippen molar-refractivity contribution in [2.45, 2.75) is 64.3 Å². The van der Waals surface area contributed by atoms with E-state index in [-0.39, 0.29) is 11.5 Å². The molecule has 1 aliphatic rings. The van der Waals surface area contributed by atoms with Crippen molar-refractivity contribution in [1.82, 2.24) is 4.72 Å². The minimum atomic E-state index is -3.51. The van der Waals surface area contributed by atoms with Crippen LogP contribution in [0.3, 0.4) is 0 Å². The monoisotopic (exact) mass is 310 g/mol. The Morgan fingerprint density at radius 1 is 1.19 bits per heavy atom. The number of nitrogens with one attached hydrogen (secondary N) is 1. The molecule has 0 spiro atoms. The van der Waals surface area contributed by atoms with E-state index in [2.05, 4.69) is 18.6 Å². The molecule has 0 aromatic heterocycles. The summed E-state index contributed by atoms with van der Waals surface area (Å²) in [5.41, 5.74) is 7.79. The Bertz CT molecular complexity index is 613. The number of rotatable bonds is 3. The van der Waals surface area contributed by atoms with E-state index in [1.54, 1.807) is 26.0 Å². The number of nitrogens with two attached hydrogens (primary N) is 1. The zero-order valence-electron chi connectivity index (χ0n) is 13.4. The third kappa shape index (κ3) is 3.40. The number of anilines is 1. The molecule has 0 saturated heterocycles. The second-order valence-electron chi connectivity index (χ2n) is 6.89. The molecule has 3 N–H and O–H groups in total. The molecule has 118 valence electrons. The molecule has 0 bridgehead atoms. The molecule has 1 aromatic carbocycles. The zero-order chi connectivity index (χ0) is 15.8. The summed E-state index contributed by atoms with van der Waals surface area (Å²) in [5, 5.41) is 0. The fourth-order valence-corrected chi connectivity index (χ4v) is 5.26. The fourth-order valence-electron chi connectivity index (χ4n) is 3.37. The Hall–Kier alpha value is -1.07. The molecule has 0 amide bonds. The van der Waals surface area contributed by atoms with Crippen LogP contribution in [0, 0.1) is 19.3 Å². The summed E-state index contributed by atoms with van der Waals surface area (Å²) in [6, 6.07) is 3.42.